The third kappa shape index (κ3) is 19.5. The number of hydrogen-bond donors (Lipinski definition) is 2. The van der Waals surface area contributed by atoms with Crippen LogP contribution in [0.1, 0.15) is 97.6 Å². The summed E-state index contributed by atoms with van der Waals surface area (Å²) in [5.74, 6) is -31.4. The highest BCUT2D eigenvalue weighted by molar-refractivity contribution is 5.84. The molecule has 0 radical (unpaired) electrons. The van der Waals surface area contributed by atoms with Crippen LogP contribution in [0.5, 0.6) is 5.75 Å². The van der Waals surface area contributed by atoms with Gasteiger partial charge in [-0.15, -0.1) is 0 Å². The summed E-state index contributed by atoms with van der Waals surface area (Å²) in [6, 6.07) is 15.8. The number of fused-ring (bicyclic) bond motifs is 4. The van der Waals surface area contributed by atoms with Crippen LogP contribution in [-0.4, -0.2) is 209 Å². The summed E-state index contributed by atoms with van der Waals surface area (Å²) in [4.78, 5) is 152. The molecule has 109 heavy (non-hydrogen) atoms. The Kier molecular flexibility index (Phi) is 27.4. The molecule has 0 spiro atoms. The van der Waals surface area contributed by atoms with Crippen molar-refractivity contribution in [2.24, 2.45) is 5.11 Å². The van der Waals surface area contributed by atoms with Gasteiger partial charge in [0, 0.05) is 71.8 Å². The van der Waals surface area contributed by atoms with Crippen LogP contribution in [0.4, 0.5) is 26.7 Å². The molecule has 0 saturated carbocycles. The molecule has 0 aromatic heterocycles. The van der Waals surface area contributed by atoms with Gasteiger partial charge in [-0.25, -0.2) is 27.6 Å². The molecule has 4 saturated heterocycles. The highest BCUT2D eigenvalue weighted by atomic mass is 19.2. The maximum absolute atomic E-state index is 15.4. The second-order valence-corrected chi connectivity index (χ2v) is 25.1. The molecule has 1 unspecified atom stereocenters. The van der Waals surface area contributed by atoms with E-state index in [4.69, 9.17) is 85.3 Å². The highest BCUT2D eigenvalue weighted by Crippen LogP contribution is 2.47. The van der Waals surface area contributed by atoms with Gasteiger partial charge in [0.1, 0.15) is 68.6 Å². The average molecular weight is 1540 g/mol. The van der Waals surface area contributed by atoms with Crippen LogP contribution in [0.25, 0.3) is 21.6 Å². The summed E-state index contributed by atoms with van der Waals surface area (Å²) >= 11 is 0. The minimum atomic E-state index is -3.29. The monoisotopic (exact) mass is 1540 g/mol. The Bertz CT molecular complexity index is 4070. The molecule has 2 amide bonds. The summed E-state index contributed by atoms with van der Waals surface area (Å²) in [5.41, 5.74) is 13.9. The summed E-state index contributed by atoms with van der Waals surface area (Å²) in [5, 5.41) is 8.59. The quantitative estimate of drug-likeness (QED) is 0.00849. The van der Waals surface area contributed by atoms with Crippen LogP contribution < -0.4 is 15.4 Å². The minimum absolute atomic E-state index is 0.334. The van der Waals surface area contributed by atoms with E-state index in [2.05, 4.69) is 20.7 Å². The fourth-order valence-electron chi connectivity index (χ4n) is 13.1. The molecule has 9 rings (SSSR count). The van der Waals surface area contributed by atoms with Crippen molar-refractivity contribution < 1.29 is 160 Å². The molecule has 5 aliphatic rings. The van der Waals surface area contributed by atoms with E-state index in [9.17, 15) is 66.6 Å². The topological polar surface area (TPSA) is 427 Å². The third-order valence-electron chi connectivity index (χ3n) is 17.4. The number of methoxy groups -OCH3 is 1. The Morgan fingerprint density at radius 1 is 0.642 bits per heavy atom. The van der Waals surface area contributed by atoms with E-state index in [0.29, 0.717) is 16.7 Å². The van der Waals surface area contributed by atoms with Gasteiger partial charge in [0.05, 0.1) is 32.3 Å². The van der Waals surface area contributed by atoms with Crippen LogP contribution in [0.3, 0.4) is 0 Å². The number of nitrogens with one attached hydrogen (secondary N) is 2. The Labute approximate surface area is 615 Å². The Balaban J connectivity index is 1.16. The van der Waals surface area contributed by atoms with E-state index in [1.54, 1.807) is 66.7 Å². The number of amides is 2. The van der Waals surface area contributed by atoms with Crippen molar-refractivity contribution in [3.05, 3.63) is 135 Å². The van der Waals surface area contributed by atoms with Gasteiger partial charge >= 0.3 is 59.8 Å². The fraction of sp³-hybridized carbons (Fsp3) is 0.500. The van der Waals surface area contributed by atoms with E-state index in [1.807, 2.05) is 12.1 Å². The van der Waals surface area contributed by atoms with E-state index in [-0.39, 0.29) is 0 Å². The average Bonchev–Trinajstić information content (AvgIpc) is 1.56. The number of benzene rings is 4. The molecule has 4 aliphatic heterocycles. The first-order chi connectivity index (χ1) is 51.7. The molecule has 4 aromatic carbocycles. The maximum atomic E-state index is 15.4. The zero-order chi connectivity index (χ0) is 79.5. The van der Waals surface area contributed by atoms with Gasteiger partial charge in [-0.05, 0) is 34.7 Å². The van der Waals surface area contributed by atoms with Crippen LogP contribution >= 0.6 is 0 Å². The molecule has 2 N–H and O–H groups in total. The minimum Gasteiger partial charge on any atom is -0.465 e. The standard InChI is InChI=1S/C70H74F5N5O29/c1-29(53(64(89)105-59-51(74)49(72)48(71)50(73)52(59)75)78-69(91)96-25-43-41-22-16-14-20-39(41)40-21-15-17-23-42(40)43)97-66-55(79-80-76)60(56-47(103-66)28-95-65(106-56)38-18-12-11-13-19-38)107-67-63(102-37(9)88)62(58(101-36(8)87)46(104-67)27-94-32(4)83)109-70(68(90)92-10)24-44(98-33(5)84)54(77-30(2)81)61(108-70)57(100-35(7)86)45(99-34(6)85)26-93-31(3)82/h11-23,29,43-47,53-58,60-63,65-67H,24-28H2,1-10H3,(H,77,81)(H,78,91)/t29-,44+,45-,46-,47-,53+,54-,55-,56+,57-,58+,60-,61-,62+,63-,65?,66+,67+,70+/m1/s1. The second kappa shape index (κ2) is 36.1. The van der Waals surface area contributed by atoms with Crippen molar-refractivity contribution in [2.75, 3.05) is 33.5 Å². The van der Waals surface area contributed by atoms with E-state index >= 15 is 13.6 Å². The molecule has 19 atom stereocenters. The van der Waals surface area contributed by atoms with Gasteiger partial charge in [-0.1, -0.05) is 84.0 Å². The van der Waals surface area contributed by atoms with Gasteiger partial charge in [-0.2, -0.15) is 8.78 Å². The molecular formula is C70H74F5N5O29. The lowest BCUT2D eigenvalue weighted by molar-refractivity contribution is -0.394. The molecule has 4 aromatic rings. The molecule has 4 fully saturated rings. The van der Waals surface area contributed by atoms with Crippen LogP contribution in [-0.2, 0) is 128 Å². The van der Waals surface area contributed by atoms with Gasteiger partial charge in [0.2, 0.25) is 40.7 Å². The number of halogens is 5. The van der Waals surface area contributed by atoms with Crippen LogP contribution in [0.15, 0.2) is 84.0 Å². The molecule has 39 heteroatoms. The lowest BCUT2D eigenvalue weighted by atomic mass is 9.87. The van der Waals surface area contributed by atoms with Crippen molar-refractivity contribution in [1.29, 1.82) is 0 Å². The number of nitrogens with zero attached hydrogens (tertiary/aromatic N) is 3. The lowest BCUT2D eigenvalue weighted by Crippen LogP contribution is -2.72. The SMILES string of the molecule is COC(=O)[C@@]1(O[C@H]2[C@@H](OC(C)=O)[C@@H](COC(C)=O)O[C@@H](O[C@@H]3[C@@H](N=[N+]=[N-])[C@@H](O[C@H](C)[C@H](NC(=O)OCC4c5ccccc5-c5ccccc54)C(=O)Oc4c(F)c(F)c(F)c(F)c4F)O[C@@H]4COC(c5ccccc5)O[C@H]34)[C@@H]2OC(C)=O)C[C@H](OC(C)=O)[C@@H](NC(C)=O)[C@H]([C@H](OC(C)=O)[C@@H](COC(C)=O)OC(C)=O)O1. The molecular weight excluding hydrogens is 1470 g/mol. The number of esters is 9. The normalized spacial score (nSPS) is 26.5. The predicted molar refractivity (Wildman–Crippen MR) is 347 cm³/mol. The van der Waals surface area contributed by atoms with Crippen LogP contribution in [0.2, 0.25) is 0 Å². The Hall–Kier alpha value is -10.5. The van der Waals surface area contributed by atoms with Gasteiger partial charge in [0.15, 0.2) is 49.3 Å². The summed E-state index contributed by atoms with van der Waals surface area (Å²) in [6.07, 6.45) is -33.1. The number of carbonyl (C=O) groups excluding carboxylic acids is 11. The van der Waals surface area contributed by atoms with Crippen molar-refractivity contribution in [3.63, 3.8) is 0 Å². The number of alkyl carbamates (subject to hydrolysis) is 1. The van der Waals surface area contributed by atoms with Gasteiger partial charge in [-0.3, -0.25) is 38.4 Å². The highest BCUT2D eigenvalue weighted by Gasteiger charge is 2.65. The summed E-state index contributed by atoms with van der Waals surface area (Å²) < 4.78 is 182. The zero-order valence-corrected chi connectivity index (χ0v) is 59.6. The van der Waals surface area contributed by atoms with Crippen LogP contribution in [0, 0.1) is 29.1 Å². The first kappa shape index (κ1) is 82.5. The maximum Gasteiger partial charge on any atom is 0.407 e. The number of rotatable bonds is 27. The first-order valence-electron chi connectivity index (χ1n) is 33.4. The fourth-order valence-corrected chi connectivity index (χ4v) is 13.1. The molecule has 34 nitrogen and oxygen atoms in total. The number of carbonyl (C=O) groups is 11. The molecule has 1 aliphatic carbocycles. The lowest BCUT2D eigenvalue weighted by Gasteiger charge is -2.53. The van der Waals surface area contributed by atoms with Gasteiger partial charge < -0.3 is 95.9 Å². The smallest absolute Gasteiger partial charge is 0.407 e. The third-order valence-corrected chi connectivity index (χ3v) is 17.4. The van der Waals surface area contributed by atoms with E-state index < -0.39 is 255 Å². The number of azide groups is 1. The summed E-state index contributed by atoms with van der Waals surface area (Å²) in [7, 11) is 0.786. The Morgan fingerprint density at radius 3 is 1.80 bits per heavy atom. The van der Waals surface area contributed by atoms with E-state index in [1.165, 1.54) is 0 Å². The van der Waals surface area contributed by atoms with Crippen molar-refractivity contribution >= 4 is 65.7 Å². The zero-order valence-electron chi connectivity index (χ0n) is 59.6. The van der Waals surface area contributed by atoms with Crippen molar-refractivity contribution in [3.8, 4) is 16.9 Å². The van der Waals surface area contributed by atoms with E-state index in [0.717, 1.165) is 80.6 Å². The number of ether oxygens (including phenoxy) is 18. The number of hydrogen-bond acceptors (Lipinski definition) is 30. The van der Waals surface area contributed by atoms with Crippen molar-refractivity contribution in [2.45, 2.75) is 191 Å². The molecule has 0 bridgehead atoms. The van der Waals surface area contributed by atoms with Crippen molar-refractivity contribution in [1.82, 2.24) is 10.6 Å². The largest absolute Gasteiger partial charge is 0.465 e. The summed E-state index contributed by atoms with van der Waals surface area (Å²) in [6.45, 7) is 5.28. The Morgan fingerprint density at radius 2 is 1.23 bits per heavy atom. The first-order valence-corrected chi connectivity index (χ1v) is 33.4. The predicted octanol–water partition coefficient (Wildman–Crippen LogP) is 5.56. The molecule has 588 valence electrons. The second-order valence-electron chi connectivity index (χ2n) is 25.1. The molecule has 4 heterocycles. The van der Waals surface area contributed by atoms with Gasteiger partial charge in [0.25, 0.3) is 5.79 Å².